The molecule has 49 heavy (non-hydrogen) atoms. The quantitative estimate of drug-likeness (QED) is 0.105. The second kappa shape index (κ2) is 17.1. The van der Waals surface area contributed by atoms with Crippen molar-refractivity contribution in [1.82, 2.24) is 20.5 Å². The third-order valence-corrected chi connectivity index (χ3v) is 9.54. The fraction of sp³-hybridized carbons (Fsp3) is 0.372. The standard InChI is InChI=1S/C43H57N5O/c1-11-16-42(49-10)45-28-35(13-3)41(25-30(4)43(7,8)9)47-32(6)46-39-20-19-36(37-17-14-15-18-38(37)39)26-34-21-23-44-40(27-34)31(5)48-24-22-33(12-2)29-48/h13-21,23,25,27,33,45-47H,3,5-6,11-12,22,24,26,28-29H2,1-2,4,7-10H3/b30-25+,41-35+,42-16?/t33-/m1/s1. The smallest absolute Gasteiger partial charge is 0.182 e. The summed E-state index contributed by atoms with van der Waals surface area (Å²) < 4.78 is 5.51. The summed E-state index contributed by atoms with van der Waals surface area (Å²) in [5.74, 6) is 2.16. The lowest BCUT2D eigenvalue weighted by Gasteiger charge is -2.23. The van der Waals surface area contributed by atoms with Crippen LogP contribution in [-0.2, 0) is 11.2 Å². The topological polar surface area (TPSA) is 61.5 Å². The predicted octanol–water partition coefficient (Wildman–Crippen LogP) is 9.92. The Labute approximate surface area is 295 Å². The van der Waals surface area contributed by atoms with Gasteiger partial charge in [-0.25, -0.2) is 0 Å². The summed E-state index contributed by atoms with van der Waals surface area (Å²) in [5, 5.41) is 12.9. The molecule has 1 saturated heterocycles. The Bertz CT molecular complexity index is 1740. The molecule has 1 atom stereocenters. The zero-order valence-electron chi connectivity index (χ0n) is 30.9. The molecular weight excluding hydrogens is 603 g/mol. The molecule has 1 aromatic heterocycles. The number of fused-ring (bicyclic) bond motifs is 1. The lowest BCUT2D eigenvalue weighted by Crippen LogP contribution is -2.24. The number of anilines is 1. The van der Waals surface area contributed by atoms with E-state index in [-0.39, 0.29) is 5.41 Å². The highest BCUT2D eigenvalue weighted by Crippen LogP contribution is 2.31. The molecule has 1 aliphatic rings. The van der Waals surface area contributed by atoms with Crippen LogP contribution in [0.2, 0.25) is 0 Å². The highest BCUT2D eigenvalue weighted by molar-refractivity contribution is 5.96. The number of nitrogens with zero attached hydrogens (tertiary/aromatic N) is 2. The number of aromatic nitrogens is 1. The minimum Gasteiger partial charge on any atom is -0.483 e. The van der Waals surface area contributed by atoms with E-state index in [0.29, 0.717) is 12.4 Å². The number of rotatable bonds is 16. The molecule has 0 radical (unpaired) electrons. The number of nitrogens with one attached hydrogen (secondary N) is 3. The molecule has 3 N–H and O–H groups in total. The Morgan fingerprint density at radius 1 is 1.08 bits per heavy atom. The fourth-order valence-electron chi connectivity index (χ4n) is 6.03. The molecule has 6 heteroatoms. The summed E-state index contributed by atoms with van der Waals surface area (Å²) in [4.78, 5) is 7.09. The highest BCUT2D eigenvalue weighted by Gasteiger charge is 2.23. The van der Waals surface area contributed by atoms with Gasteiger partial charge in [0.15, 0.2) is 5.88 Å². The van der Waals surface area contributed by atoms with Crippen LogP contribution in [0.3, 0.4) is 0 Å². The Hall–Kier alpha value is -4.71. The van der Waals surface area contributed by atoms with Crippen molar-refractivity contribution in [3.05, 3.63) is 138 Å². The molecule has 0 bridgehead atoms. The molecule has 4 rings (SSSR count). The number of methoxy groups -OCH3 is 1. The van der Waals surface area contributed by atoms with E-state index in [4.69, 9.17) is 9.72 Å². The Morgan fingerprint density at radius 3 is 2.49 bits per heavy atom. The monoisotopic (exact) mass is 659 g/mol. The highest BCUT2D eigenvalue weighted by atomic mass is 16.5. The molecule has 3 aromatic rings. The van der Waals surface area contributed by atoms with Crippen LogP contribution in [0.15, 0.2) is 121 Å². The minimum absolute atomic E-state index is 0.00234. The maximum absolute atomic E-state index is 5.51. The summed E-state index contributed by atoms with van der Waals surface area (Å²) in [6.07, 6.45) is 12.1. The van der Waals surface area contributed by atoms with Gasteiger partial charge in [-0.2, -0.15) is 0 Å². The van der Waals surface area contributed by atoms with Crippen molar-refractivity contribution in [2.75, 3.05) is 32.1 Å². The zero-order chi connectivity index (χ0) is 35.6. The Kier molecular flexibility index (Phi) is 13.0. The molecule has 260 valence electrons. The molecule has 2 heterocycles. The van der Waals surface area contributed by atoms with E-state index in [9.17, 15) is 0 Å². The first-order valence-corrected chi connectivity index (χ1v) is 17.6. The van der Waals surface area contributed by atoms with Gasteiger partial charge in [0.25, 0.3) is 0 Å². The minimum atomic E-state index is 0.00234. The summed E-state index contributed by atoms with van der Waals surface area (Å²) in [7, 11) is 1.68. The van der Waals surface area contributed by atoms with Crippen LogP contribution in [0.25, 0.3) is 16.5 Å². The normalized spacial score (nSPS) is 15.9. The molecule has 2 aromatic carbocycles. The van der Waals surface area contributed by atoms with E-state index < -0.39 is 0 Å². The number of benzene rings is 2. The van der Waals surface area contributed by atoms with Gasteiger partial charge in [-0.1, -0.05) is 103 Å². The van der Waals surface area contributed by atoms with Crippen molar-refractivity contribution in [2.24, 2.45) is 11.3 Å². The van der Waals surface area contributed by atoms with Gasteiger partial charge in [-0.3, -0.25) is 4.98 Å². The average molecular weight is 660 g/mol. The van der Waals surface area contributed by atoms with E-state index in [2.05, 4.69) is 137 Å². The van der Waals surface area contributed by atoms with Crippen LogP contribution in [0.4, 0.5) is 5.69 Å². The summed E-state index contributed by atoms with van der Waals surface area (Å²) in [6, 6.07) is 17.2. The van der Waals surface area contributed by atoms with E-state index in [1.807, 2.05) is 18.3 Å². The lowest BCUT2D eigenvalue weighted by molar-refractivity contribution is 0.262. The van der Waals surface area contributed by atoms with Crippen LogP contribution in [0.5, 0.6) is 0 Å². The van der Waals surface area contributed by atoms with Crippen LogP contribution in [0, 0.1) is 11.3 Å². The molecule has 0 spiro atoms. The van der Waals surface area contributed by atoms with Gasteiger partial charge in [0, 0.05) is 42.6 Å². The van der Waals surface area contributed by atoms with Gasteiger partial charge in [0.05, 0.1) is 18.5 Å². The molecule has 0 saturated carbocycles. The van der Waals surface area contributed by atoms with Gasteiger partial charge in [0.1, 0.15) is 5.82 Å². The number of hydrogen-bond acceptors (Lipinski definition) is 6. The van der Waals surface area contributed by atoms with E-state index in [1.165, 1.54) is 34.9 Å². The van der Waals surface area contributed by atoms with Crippen molar-refractivity contribution >= 4 is 22.2 Å². The fourth-order valence-corrected chi connectivity index (χ4v) is 6.03. The Morgan fingerprint density at radius 2 is 1.84 bits per heavy atom. The van der Waals surface area contributed by atoms with Gasteiger partial charge in [0.2, 0.25) is 0 Å². The van der Waals surface area contributed by atoms with Gasteiger partial charge in [-0.15, -0.1) is 0 Å². The maximum atomic E-state index is 5.51. The molecule has 1 fully saturated rings. The number of likely N-dealkylation sites (tertiary alicyclic amines) is 1. The number of hydrogen-bond donors (Lipinski definition) is 3. The van der Waals surface area contributed by atoms with Gasteiger partial charge >= 0.3 is 0 Å². The van der Waals surface area contributed by atoms with Crippen molar-refractivity contribution in [3.63, 3.8) is 0 Å². The van der Waals surface area contributed by atoms with E-state index in [1.54, 1.807) is 7.11 Å². The molecular formula is C43H57N5O. The average Bonchev–Trinajstić information content (AvgIpc) is 3.58. The van der Waals surface area contributed by atoms with E-state index in [0.717, 1.165) is 71.5 Å². The van der Waals surface area contributed by atoms with Crippen molar-refractivity contribution in [3.8, 4) is 0 Å². The third-order valence-electron chi connectivity index (χ3n) is 9.54. The molecule has 1 aliphatic heterocycles. The largest absolute Gasteiger partial charge is 0.483 e. The second-order valence-corrected chi connectivity index (χ2v) is 14.0. The first kappa shape index (κ1) is 37.1. The number of pyridine rings is 1. The van der Waals surface area contributed by atoms with Crippen LogP contribution in [-0.4, -0.2) is 36.6 Å². The molecule has 0 unspecified atom stereocenters. The number of allylic oxidation sites excluding steroid dienone is 3. The van der Waals surface area contributed by atoms with Crippen LogP contribution >= 0.6 is 0 Å². The van der Waals surface area contributed by atoms with Crippen LogP contribution < -0.4 is 16.0 Å². The summed E-state index contributed by atoms with van der Waals surface area (Å²) in [6.45, 7) is 28.8. The summed E-state index contributed by atoms with van der Waals surface area (Å²) >= 11 is 0. The van der Waals surface area contributed by atoms with Gasteiger partial charge in [-0.05, 0) is 90.0 Å². The molecule has 6 nitrogen and oxygen atoms in total. The van der Waals surface area contributed by atoms with Crippen molar-refractivity contribution in [2.45, 2.75) is 67.2 Å². The molecule has 0 aliphatic carbocycles. The maximum Gasteiger partial charge on any atom is 0.182 e. The zero-order valence-corrected chi connectivity index (χ0v) is 30.9. The Balaban J connectivity index is 1.57. The first-order chi connectivity index (χ1) is 23.5. The third kappa shape index (κ3) is 9.91. The van der Waals surface area contributed by atoms with E-state index >= 15 is 0 Å². The van der Waals surface area contributed by atoms with Crippen LogP contribution in [0.1, 0.15) is 77.6 Å². The van der Waals surface area contributed by atoms with Crippen molar-refractivity contribution in [1.29, 1.82) is 0 Å². The lowest BCUT2D eigenvalue weighted by atomic mass is 9.87. The summed E-state index contributed by atoms with van der Waals surface area (Å²) in [5.41, 5.74) is 8.63. The predicted molar refractivity (Wildman–Crippen MR) is 210 cm³/mol. The SMILES string of the molecule is C=C/C(CNC(=CCC)OC)=C(/C=C(\C)C(C)(C)C)NC(=C)Nc1ccc(Cc2ccnc(C(=C)N3CC[C@@H](CC)C3)c2)c2ccccc12. The van der Waals surface area contributed by atoms with Gasteiger partial charge < -0.3 is 25.6 Å². The first-order valence-electron chi connectivity index (χ1n) is 17.6. The number of ether oxygens (including phenoxy) is 1. The van der Waals surface area contributed by atoms with Crippen molar-refractivity contribution < 1.29 is 4.74 Å². The molecule has 0 amide bonds. The second-order valence-electron chi connectivity index (χ2n) is 14.0.